The molecule has 1 heterocycles. The predicted molar refractivity (Wildman–Crippen MR) is 86.2 cm³/mol. The molecule has 1 spiro atoms. The van der Waals surface area contributed by atoms with Crippen LogP contribution >= 0.6 is 0 Å². The summed E-state index contributed by atoms with van der Waals surface area (Å²) >= 11 is 0. The van der Waals surface area contributed by atoms with Crippen molar-refractivity contribution in [2.24, 2.45) is 5.41 Å². The molecular weight excluding hydrogens is 317 g/mol. The molecule has 0 bridgehead atoms. The van der Waals surface area contributed by atoms with Gasteiger partial charge in [-0.1, -0.05) is 6.42 Å². The van der Waals surface area contributed by atoms with E-state index in [1.807, 2.05) is 0 Å². The highest BCUT2D eigenvalue weighted by atomic mass is 32.2. The van der Waals surface area contributed by atoms with Crippen molar-refractivity contribution >= 4 is 10.0 Å². The van der Waals surface area contributed by atoms with Crippen molar-refractivity contribution in [3.05, 3.63) is 29.6 Å². The number of ether oxygens (including phenoxy) is 1. The molecular formula is C17H24FNO3S. The molecule has 0 amide bonds. The topological polar surface area (TPSA) is 46.6 Å². The predicted octanol–water partition coefficient (Wildman–Crippen LogP) is 3.10. The van der Waals surface area contributed by atoms with Gasteiger partial charge in [0.05, 0.1) is 11.0 Å². The van der Waals surface area contributed by atoms with Gasteiger partial charge >= 0.3 is 0 Å². The van der Waals surface area contributed by atoms with E-state index in [4.69, 9.17) is 4.74 Å². The number of halogens is 1. The average molecular weight is 341 g/mol. The molecule has 0 N–H and O–H groups in total. The van der Waals surface area contributed by atoms with Gasteiger partial charge in [0.2, 0.25) is 10.0 Å². The van der Waals surface area contributed by atoms with Crippen molar-refractivity contribution in [3.63, 3.8) is 0 Å². The van der Waals surface area contributed by atoms with Crippen LogP contribution in [0.1, 0.15) is 37.7 Å². The zero-order valence-corrected chi connectivity index (χ0v) is 14.5. The fourth-order valence-corrected chi connectivity index (χ4v) is 6.09. The summed E-state index contributed by atoms with van der Waals surface area (Å²) < 4.78 is 46.5. The summed E-state index contributed by atoms with van der Waals surface area (Å²) in [6, 6.07) is 3.87. The van der Waals surface area contributed by atoms with E-state index in [2.05, 4.69) is 0 Å². The van der Waals surface area contributed by atoms with Crippen LogP contribution in [-0.4, -0.2) is 39.0 Å². The molecule has 23 heavy (non-hydrogen) atoms. The van der Waals surface area contributed by atoms with Gasteiger partial charge in [0.1, 0.15) is 5.82 Å². The summed E-state index contributed by atoms with van der Waals surface area (Å²) in [7, 11) is -1.88. The van der Waals surface area contributed by atoms with Crippen LogP contribution in [0, 0.1) is 18.2 Å². The van der Waals surface area contributed by atoms with Gasteiger partial charge in [0.15, 0.2) is 0 Å². The quantitative estimate of drug-likeness (QED) is 0.849. The van der Waals surface area contributed by atoms with E-state index in [-0.39, 0.29) is 16.4 Å². The van der Waals surface area contributed by atoms with E-state index in [1.54, 1.807) is 18.3 Å². The van der Waals surface area contributed by atoms with Crippen molar-refractivity contribution in [2.75, 3.05) is 20.2 Å². The van der Waals surface area contributed by atoms with Crippen molar-refractivity contribution in [1.82, 2.24) is 4.31 Å². The Balaban J connectivity index is 1.91. The monoisotopic (exact) mass is 341 g/mol. The van der Waals surface area contributed by atoms with Crippen LogP contribution in [0.4, 0.5) is 4.39 Å². The minimum absolute atomic E-state index is 0.0615. The highest BCUT2D eigenvalue weighted by Crippen LogP contribution is 2.47. The highest BCUT2D eigenvalue weighted by Gasteiger charge is 2.48. The van der Waals surface area contributed by atoms with Gasteiger partial charge in [-0.3, -0.25) is 0 Å². The van der Waals surface area contributed by atoms with E-state index in [1.165, 1.54) is 18.2 Å². The largest absolute Gasteiger partial charge is 0.381 e. The maximum atomic E-state index is 13.3. The molecule has 4 nitrogen and oxygen atoms in total. The molecule has 1 aliphatic heterocycles. The fourth-order valence-electron chi connectivity index (χ4n) is 4.30. The zero-order valence-electron chi connectivity index (χ0n) is 13.7. The SMILES string of the molecule is CO[C@@H]1CCC[C@]12CCCN(S(=O)(=O)c1ccc(F)cc1C)C2. The molecule has 128 valence electrons. The highest BCUT2D eigenvalue weighted by molar-refractivity contribution is 7.89. The number of benzene rings is 1. The number of aryl methyl sites for hydroxylation is 1. The number of rotatable bonds is 3. The van der Waals surface area contributed by atoms with Crippen LogP contribution < -0.4 is 0 Å². The van der Waals surface area contributed by atoms with Crippen LogP contribution in [0.15, 0.2) is 23.1 Å². The summed E-state index contributed by atoms with van der Waals surface area (Å²) in [5.41, 5.74) is 0.396. The maximum Gasteiger partial charge on any atom is 0.243 e. The summed E-state index contributed by atoms with van der Waals surface area (Å²) in [6.07, 6.45) is 5.09. The van der Waals surface area contributed by atoms with Crippen LogP contribution in [0.2, 0.25) is 0 Å². The first-order valence-corrected chi connectivity index (χ1v) is 9.62. The third-order valence-electron chi connectivity index (χ3n) is 5.44. The summed E-state index contributed by atoms with van der Waals surface area (Å²) in [5.74, 6) is -0.410. The second kappa shape index (κ2) is 6.15. The third-order valence-corrected chi connectivity index (χ3v) is 7.44. The van der Waals surface area contributed by atoms with Crippen LogP contribution in [0.3, 0.4) is 0 Å². The Labute approximate surface area is 137 Å². The third kappa shape index (κ3) is 2.92. The second-order valence-corrected chi connectivity index (χ2v) is 8.74. The summed E-state index contributed by atoms with van der Waals surface area (Å²) in [6.45, 7) is 2.67. The number of nitrogens with zero attached hydrogens (tertiary/aromatic N) is 1. The van der Waals surface area contributed by atoms with Crippen LogP contribution in [0.5, 0.6) is 0 Å². The molecule has 0 radical (unpaired) electrons. The van der Waals surface area contributed by atoms with Gasteiger partial charge in [-0.15, -0.1) is 0 Å². The molecule has 0 unspecified atom stereocenters. The molecule has 1 aromatic carbocycles. The number of methoxy groups -OCH3 is 1. The first-order valence-electron chi connectivity index (χ1n) is 8.18. The van der Waals surface area contributed by atoms with Crippen molar-refractivity contribution < 1.29 is 17.5 Å². The Bertz CT molecular complexity index is 691. The van der Waals surface area contributed by atoms with Gasteiger partial charge < -0.3 is 4.74 Å². The average Bonchev–Trinajstić information content (AvgIpc) is 2.88. The van der Waals surface area contributed by atoms with E-state index in [9.17, 15) is 12.8 Å². The lowest BCUT2D eigenvalue weighted by atomic mass is 9.77. The van der Waals surface area contributed by atoms with E-state index in [0.29, 0.717) is 18.7 Å². The van der Waals surface area contributed by atoms with Crippen molar-refractivity contribution in [1.29, 1.82) is 0 Å². The van der Waals surface area contributed by atoms with Crippen molar-refractivity contribution in [3.8, 4) is 0 Å². The normalized spacial score (nSPS) is 29.3. The number of sulfonamides is 1. The standard InChI is InChI=1S/C17H24FNO3S/c1-13-11-14(18)6-7-15(13)23(20,21)19-10-4-9-17(12-19)8-3-5-16(17)22-2/h6-7,11,16H,3-5,8-10,12H2,1-2H3/t16-,17-/m1/s1. The molecule has 1 aliphatic carbocycles. The molecule has 3 rings (SSSR count). The van der Waals surface area contributed by atoms with Gasteiger partial charge in [-0.2, -0.15) is 4.31 Å². The Morgan fingerprint density at radius 3 is 2.74 bits per heavy atom. The molecule has 2 fully saturated rings. The second-order valence-electron chi connectivity index (χ2n) is 6.83. The first-order chi connectivity index (χ1) is 10.9. The number of piperidine rings is 1. The smallest absolute Gasteiger partial charge is 0.243 e. The van der Waals surface area contributed by atoms with E-state index >= 15 is 0 Å². The summed E-state index contributed by atoms with van der Waals surface area (Å²) in [5, 5.41) is 0. The Morgan fingerprint density at radius 1 is 1.30 bits per heavy atom. The van der Waals surface area contributed by atoms with E-state index < -0.39 is 15.8 Å². The number of hydrogen-bond donors (Lipinski definition) is 0. The Kier molecular flexibility index (Phi) is 4.51. The van der Waals surface area contributed by atoms with Crippen molar-refractivity contribution in [2.45, 2.75) is 50.0 Å². The minimum Gasteiger partial charge on any atom is -0.381 e. The van der Waals surface area contributed by atoms with Gasteiger partial charge in [-0.05, 0) is 56.4 Å². The molecule has 2 aliphatic rings. The lowest BCUT2D eigenvalue weighted by molar-refractivity contribution is -0.0184. The summed E-state index contributed by atoms with van der Waals surface area (Å²) in [4.78, 5) is 0.211. The maximum absolute atomic E-state index is 13.3. The van der Waals surface area contributed by atoms with Crippen LogP contribution in [-0.2, 0) is 14.8 Å². The van der Waals surface area contributed by atoms with Gasteiger partial charge in [0, 0.05) is 25.6 Å². The zero-order chi connectivity index (χ0) is 16.7. The Hall–Kier alpha value is -0.980. The van der Waals surface area contributed by atoms with Gasteiger partial charge in [-0.25, -0.2) is 12.8 Å². The van der Waals surface area contributed by atoms with Crippen LogP contribution in [0.25, 0.3) is 0 Å². The first kappa shape index (κ1) is 16.9. The molecule has 1 saturated heterocycles. The molecule has 1 aromatic rings. The Morgan fingerprint density at radius 2 is 2.04 bits per heavy atom. The fraction of sp³-hybridized carbons (Fsp3) is 0.647. The lowest BCUT2D eigenvalue weighted by Gasteiger charge is -2.43. The lowest BCUT2D eigenvalue weighted by Crippen LogP contribution is -2.49. The molecule has 1 saturated carbocycles. The van der Waals surface area contributed by atoms with E-state index in [0.717, 1.165) is 32.1 Å². The van der Waals surface area contributed by atoms with Gasteiger partial charge in [0.25, 0.3) is 0 Å². The number of hydrogen-bond acceptors (Lipinski definition) is 3. The minimum atomic E-state index is -3.59. The molecule has 0 aromatic heterocycles. The molecule has 2 atom stereocenters. The molecule has 6 heteroatoms.